The highest BCUT2D eigenvalue weighted by atomic mass is 19.4. The quantitative estimate of drug-likeness (QED) is 0.286. The minimum atomic E-state index is -4.64. The number of nitrogens with two attached hydrogens (primary N) is 1. The van der Waals surface area contributed by atoms with Crippen LogP contribution in [-0.4, -0.2) is 46.8 Å². The van der Waals surface area contributed by atoms with Gasteiger partial charge in [-0.15, -0.1) is 0 Å². The monoisotopic (exact) mass is 566 g/mol. The van der Waals surface area contributed by atoms with Crippen molar-refractivity contribution in [2.45, 2.75) is 38.9 Å². The van der Waals surface area contributed by atoms with E-state index >= 15 is 0 Å². The predicted octanol–water partition coefficient (Wildman–Crippen LogP) is 5.98. The Bertz CT molecular complexity index is 1600. The number of pyridine rings is 1. The number of rotatable bonds is 6. The minimum Gasteiger partial charge on any atom is -0.494 e. The van der Waals surface area contributed by atoms with Crippen molar-refractivity contribution in [2.75, 3.05) is 20.2 Å². The number of fused-ring (bicyclic) bond motifs is 1. The van der Waals surface area contributed by atoms with Gasteiger partial charge in [-0.05, 0) is 51.0 Å². The molecule has 11 heteroatoms. The molecule has 1 amide bonds. The number of methoxy groups -OCH3 is 1. The van der Waals surface area contributed by atoms with E-state index in [0.717, 1.165) is 11.6 Å². The standard InChI is InChI=1S/C30H29F3N4O4/c1-16-4-6-18(7-5-16)26(38)19-12-14-37(15-13-19)29(39)25-27(17(2)34)41-28(36-25)21-8-10-22(40-3)24-20(21)9-11-23(35-24)30(31,32)33/h4-11,17,19H,12-15,34H2,1-3H3/t17-/m0/s1. The van der Waals surface area contributed by atoms with Crippen molar-refractivity contribution in [3.63, 3.8) is 0 Å². The Morgan fingerprint density at radius 3 is 2.34 bits per heavy atom. The molecule has 214 valence electrons. The molecule has 1 saturated heterocycles. The Morgan fingerprint density at radius 2 is 1.73 bits per heavy atom. The summed E-state index contributed by atoms with van der Waals surface area (Å²) in [6, 6.07) is 12.0. The maximum atomic E-state index is 13.6. The molecule has 41 heavy (non-hydrogen) atoms. The molecule has 0 radical (unpaired) electrons. The van der Waals surface area contributed by atoms with Crippen LogP contribution in [0.25, 0.3) is 22.4 Å². The van der Waals surface area contributed by atoms with Crippen molar-refractivity contribution in [3.05, 3.63) is 76.8 Å². The van der Waals surface area contributed by atoms with Crippen LogP contribution in [-0.2, 0) is 6.18 Å². The number of benzene rings is 2. The molecule has 0 unspecified atom stereocenters. The van der Waals surface area contributed by atoms with E-state index in [1.807, 2.05) is 31.2 Å². The molecule has 3 heterocycles. The number of Topliss-reactive ketones (excluding diaryl/α,β-unsaturated/α-hetero) is 1. The second-order valence-corrected chi connectivity index (χ2v) is 10.2. The van der Waals surface area contributed by atoms with Crippen molar-refractivity contribution in [2.24, 2.45) is 11.7 Å². The number of oxazole rings is 1. The van der Waals surface area contributed by atoms with Gasteiger partial charge in [0, 0.05) is 35.5 Å². The summed E-state index contributed by atoms with van der Waals surface area (Å²) in [6.45, 7) is 4.33. The summed E-state index contributed by atoms with van der Waals surface area (Å²) in [4.78, 5) is 36.4. The average Bonchev–Trinajstić information content (AvgIpc) is 3.41. The van der Waals surface area contributed by atoms with Crippen LogP contribution in [0.2, 0.25) is 0 Å². The first-order valence-corrected chi connectivity index (χ1v) is 13.2. The van der Waals surface area contributed by atoms with Gasteiger partial charge in [0.05, 0.1) is 13.2 Å². The van der Waals surface area contributed by atoms with Gasteiger partial charge in [0.1, 0.15) is 17.0 Å². The number of carbonyl (C=O) groups is 2. The number of amides is 1. The Hall–Kier alpha value is -4.25. The largest absolute Gasteiger partial charge is 0.494 e. The van der Waals surface area contributed by atoms with E-state index in [1.54, 1.807) is 17.9 Å². The van der Waals surface area contributed by atoms with Crippen LogP contribution in [0.3, 0.4) is 0 Å². The van der Waals surface area contributed by atoms with Crippen LogP contribution in [0, 0.1) is 12.8 Å². The van der Waals surface area contributed by atoms with Crippen LogP contribution in [0.4, 0.5) is 13.2 Å². The zero-order valence-corrected chi connectivity index (χ0v) is 22.8. The highest BCUT2D eigenvalue weighted by molar-refractivity contribution is 5.99. The Kier molecular flexibility index (Phi) is 7.56. The second kappa shape index (κ2) is 11.0. The number of ketones is 1. The smallest absolute Gasteiger partial charge is 0.433 e. The molecule has 8 nitrogen and oxygen atoms in total. The Balaban J connectivity index is 1.42. The molecular formula is C30H29F3N4O4. The average molecular weight is 567 g/mol. The lowest BCUT2D eigenvalue weighted by Crippen LogP contribution is -2.41. The lowest BCUT2D eigenvalue weighted by molar-refractivity contribution is -0.140. The van der Waals surface area contributed by atoms with E-state index in [9.17, 15) is 22.8 Å². The Morgan fingerprint density at radius 1 is 1.05 bits per heavy atom. The lowest BCUT2D eigenvalue weighted by atomic mass is 9.88. The second-order valence-electron chi connectivity index (χ2n) is 10.2. The minimum absolute atomic E-state index is 0.0198. The Labute approximate surface area is 234 Å². The number of hydrogen-bond acceptors (Lipinski definition) is 7. The summed E-state index contributed by atoms with van der Waals surface area (Å²) in [6.07, 6.45) is -3.63. The van der Waals surface area contributed by atoms with Crippen LogP contribution in [0.5, 0.6) is 5.75 Å². The summed E-state index contributed by atoms with van der Waals surface area (Å²) >= 11 is 0. The molecule has 5 rings (SSSR count). The number of alkyl halides is 3. The molecule has 1 atom stereocenters. The molecule has 0 spiro atoms. The topological polar surface area (TPSA) is 112 Å². The number of halogens is 3. The molecule has 0 aliphatic carbocycles. The lowest BCUT2D eigenvalue weighted by Gasteiger charge is -2.31. The number of likely N-dealkylation sites (tertiary alicyclic amines) is 1. The van der Waals surface area contributed by atoms with Gasteiger partial charge >= 0.3 is 6.18 Å². The van der Waals surface area contributed by atoms with Crippen molar-refractivity contribution in [3.8, 4) is 17.2 Å². The van der Waals surface area contributed by atoms with Gasteiger partial charge in [-0.2, -0.15) is 13.2 Å². The predicted molar refractivity (Wildman–Crippen MR) is 146 cm³/mol. The van der Waals surface area contributed by atoms with Crippen molar-refractivity contribution < 1.29 is 31.9 Å². The first-order chi connectivity index (χ1) is 19.5. The van der Waals surface area contributed by atoms with E-state index in [1.165, 1.54) is 19.2 Å². The fourth-order valence-corrected chi connectivity index (χ4v) is 5.06. The SMILES string of the molecule is COc1ccc(-c2nc(C(=O)N3CCC(C(=O)c4ccc(C)cc4)CC3)c([C@H](C)N)o2)c2ccc(C(F)(F)F)nc12. The van der Waals surface area contributed by atoms with Gasteiger partial charge in [-0.1, -0.05) is 29.8 Å². The first-order valence-electron chi connectivity index (χ1n) is 13.2. The maximum Gasteiger partial charge on any atom is 0.433 e. The molecule has 1 aliphatic rings. The van der Waals surface area contributed by atoms with Crippen molar-refractivity contribution in [1.82, 2.24) is 14.9 Å². The third kappa shape index (κ3) is 5.54. The number of nitrogens with zero attached hydrogens (tertiary/aromatic N) is 3. The summed E-state index contributed by atoms with van der Waals surface area (Å²) < 4.78 is 51.2. The zero-order chi connectivity index (χ0) is 29.5. The van der Waals surface area contributed by atoms with Gasteiger partial charge in [0.15, 0.2) is 17.2 Å². The number of hydrogen-bond donors (Lipinski definition) is 1. The summed E-state index contributed by atoms with van der Waals surface area (Å²) in [5.74, 6) is -0.184. The number of ether oxygens (including phenoxy) is 1. The van der Waals surface area contributed by atoms with E-state index in [2.05, 4.69) is 9.97 Å². The highest BCUT2D eigenvalue weighted by Gasteiger charge is 2.34. The molecule has 1 fully saturated rings. The van der Waals surface area contributed by atoms with Crippen molar-refractivity contribution >= 4 is 22.6 Å². The van der Waals surface area contributed by atoms with Crippen LogP contribution in [0.1, 0.15) is 63.7 Å². The van der Waals surface area contributed by atoms with E-state index in [0.29, 0.717) is 42.4 Å². The van der Waals surface area contributed by atoms with Gasteiger partial charge in [0.2, 0.25) is 5.89 Å². The molecule has 4 aromatic rings. The van der Waals surface area contributed by atoms with Gasteiger partial charge in [-0.25, -0.2) is 9.97 Å². The summed E-state index contributed by atoms with van der Waals surface area (Å²) in [5, 5.41) is 0.309. The van der Waals surface area contributed by atoms with Crippen molar-refractivity contribution in [1.29, 1.82) is 0 Å². The zero-order valence-electron chi connectivity index (χ0n) is 22.8. The van der Waals surface area contributed by atoms with Crippen LogP contribution in [0.15, 0.2) is 52.9 Å². The molecular weight excluding hydrogens is 537 g/mol. The molecule has 2 aromatic carbocycles. The highest BCUT2D eigenvalue weighted by Crippen LogP contribution is 2.37. The molecule has 0 bridgehead atoms. The molecule has 2 aromatic heterocycles. The van der Waals surface area contributed by atoms with Gasteiger partial charge < -0.3 is 19.8 Å². The summed E-state index contributed by atoms with van der Waals surface area (Å²) in [5.41, 5.74) is 7.14. The normalized spacial score (nSPS) is 15.2. The summed E-state index contributed by atoms with van der Waals surface area (Å²) in [7, 11) is 1.34. The maximum absolute atomic E-state index is 13.6. The third-order valence-electron chi connectivity index (χ3n) is 7.32. The van der Waals surface area contributed by atoms with Crippen LogP contribution < -0.4 is 10.5 Å². The third-order valence-corrected chi connectivity index (χ3v) is 7.32. The first kappa shape index (κ1) is 28.3. The fourth-order valence-electron chi connectivity index (χ4n) is 5.06. The van der Waals surface area contributed by atoms with Crippen LogP contribution >= 0.6 is 0 Å². The van der Waals surface area contributed by atoms with Gasteiger partial charge in [-0.3, -0.25) is 9.59 Å². The van der Waals surface area contributed by atoms with E-state index < -0.39 is 17.9 Å². The van der Waals surface area contributed by atoms with E-state index in [4.69, 9.17) is 14.9 Å². The number of carbonyl (C=O) groups excluding carboxylic acids is 2. The fraction of sp³-hybridized carbons (Fsp3) is 0.333. The number of aryl methyl sites for hydroxylation is 1. The molecule has 0 saturated carbocycles. The van der Waals surface area contributed by atoms with E-state index in [-0.39, 0.29) is 46.2 Å². The number of aromatic nitrogens is 2. The number of piperidine rings is 1. The molecule has 1 aliphatic heterocycles. The van der Waals surface area contributed by atoms with Gasteiger partial charge in [0.25, 0.3) is 5.91 Å². The molecule has 2 N–H and O–H groups in total.